The van der Waals surface area contributed by atoms with Crippen LogP contribution in [0.1, 0.15) is 50.7 Å². The second kappa shape index (κ2) is 12.5. The van der Waals surface area contributed by atoms with Crippen LogP contribution in [0.15, 0.2) is 24.0 Å². The zero-order valence-corrected chi connectivity index (χ0v) is 26.1. The summed E-state index contributed by atoms with van der Waals surface area (Å²) in [5, 5.41) is 32.3. The Morgan fingerprint density at radius 2 is 1.85 bits per heavy atom. The second-order valence-corrected chi connectivity index (χ2v) is 12.1. The van der Waals surface area contributed by atoms with E-state index in [0.717, 1.165) is 25.0 Å². The van der Waals surface area contributed by atoms with Crippen LogP contribution in [-0.4, -0.2) is 113 Å². The van der Waals surface area contributed by atoms with Crippen molar-refractivity contribution in [3.05, 3.63) is 35.1 Å². The number of nitrogens with zero attached hydrogens (tertiary/aromatic N) is 1. The van der Waals surface area contributed by atoms with E-state index < -0.39 is 84.0 Å². The van der Waals surface area contributed by atoms with E-state index in [2.05, 4.69) is 4.90 Å². The summed E-state index contributed by atoms with van der Waals surface area (Å²) in [6, 6.07) is 1.71. The van der Waals surface area contributed by atoms with Gasteiger partial charge in [-0.05, 0) is 51.1 Å². The number of amides is 1. The van der Waals surface area contributed by atoms with Gasteiger partial charge in [0.1, 0.15) is 11.8 Å². The Morgan fingerprint density at radius 3 is 2.49 bits per heavy atom. The third kappa shape index (κ3) is 5.75. The topological polar surface area (TPSA) is 225 Å². The lowest BCUT2D eigenvalue weighted by Gasteiger charge is -2.61. The van der Waals surface area contributed by atoms with Gasteiger partial charge in [0.2, 0.25) is 6.10 Å². The molecule has 0 saturated carbocycles. The molecule has 1 amide bonds. The molecule has 47 heavy (non-hydrogen) atoms. The summed E-state index contributed by atoms with van der Waals surface area (Å²) >= 11 is 0. The maximum absolute atomic E-state index is 13.3. The first-order chi connectivity index (χ1) is 22.1. The third-order valence-corrected chi connectivity index (χ3v) is 9.37. The molecule has 0 radical (unpaired) electrons. The normalized spacial score (nSPS) is 27.0. The molecular formula is C31H36N2O14. The number of piperidine rings is 1. The van der Waals surface area contributed by atoms with Gasteiger partial charge < -0.3 is 49.2 Å². The van der Waals surface area contributed by atoms with Gasteiger partial charge in [0.05, 0.1) is 31.0 Å². The quantitative estimate of drug-likeness (QED) is 0.168. The number of carbonyl (C=O) groups excluding carboxylic acids is 4. The molecule has 4 N–H and O–H groups in total. The number of aliphatic hydroxyl groups is 1. The SMILES string of the molecule is COc1ccc2c3c1O[C@H]1C(OC(=O)CC(OC(C)=O)C(=O)OC(C)C(=O)NC(CC(=O)O)C(=O)O)=CC[C@@]4(O)[C@@H](C2)N(C)CC[C@]314. The van der Waals surface area contributed by atoms with Crippen LogP contribution in [-0.2, 0) is 54.8 Å². The Labute approximate surface area is 268 Å². The summed E-state index contributed by atoms with van der Waals surface area (Å²) in [5.74, 6) is -6.46. The number of benzene rings is 1. The van der Waals surface area contributed by atoms with E-state index in [1.54, 1.807) is 12.1 Å². The van der Waals surface area contributed by atoms with Crippen LogP contribution in [0, 0.1) is 0 Å². The van der Waals surface area contributed by atoms with Gasteiger partial charge in [-0.3, -0.25) is 19.2 Å². The zero-order chi connectivity index (χ0) is 34.4. The highest BCUT2D eigenvalue weighted by Crippen LogP contribution is 2.65. The van der Waals surface area contributed by atoms with E-state index in [1.807, 2.05) is 18.4 Å². The van der Waals surface area contributed by atoms with Gasteiger partial charge >= 0.3 is 29.8 Å². The number of likely N-dealkylation sites (N-methyl/N-ethyl adjacent to an activating group) is 1. The number of carboxylic acid groups (broad SMARTS) is 2. The molecule has 3 unspecified atom stereocenters. The Bertz CT molecular complexity index is 1560. The number of nitrogens with one attached hydrogen (secondary N) is 1. The number of ether oxygens (including phenoxy) is 5. The average Bonchev–Trinajstić information content (AvgIpc) is 3.35. The standard InChI is InChI=1S/C31H36N2O14/c1-14(27(38)32-17(28(39)40)12-22(35)36)44-29(41)20(45-15(2)34)13-23(37)46-19-7-8-31(42)21-11-16-5-6-18(43-4)25-24(16)30(31,26(19)47-25)9-10-33(21)3/h5-7,14,17,20-21,26,42H,8-13H2,1-4H3,(H,32,38)(H,35,36)(H,39,40)/t14?,17?,20?,21-,26+,30+,31-/m1/s1. The Kier molecular flexibility index (Phi) is 8.94. The number of methoxy groups -OCH3 is 1. The number of hydrogen-bond donors (Lipinski definition) is 4. The molecule has 2 heterocycles. The summed E-state index contributed by atoms with van der Waals surface area (Å²) in [4.78, 5) is 74.8. The second-order valence-electron chi connectivity index (χ2n) is 12.1. The predicted molar refractivity (Wildman–Crippen MR) is 155 cm³/mol. The summed E-state index contributed by atoms with van der Waals surface area (Å²) in [6.45, 7) is 2.71. The lowest BCUT2D eigenvalue weighted by molar-refractivity contribution is -0.177. The fraction of sp³-hybridized carbons (Fsp3) is 0.548. The van der Waals surface area contributed by atoms with Gasteiger partial charge in [-0.25, -0.2) is 9.59 Å². The molecule has 1 spiro atoms. The first-order valence-electron chi connectivity index (χ1n) is 15.0. The minimum Gasteiger partial charge on any atom is -0.493 e. The van der Waals surface area contributed by atoms with E-state index in [0.29, 0.717) is 30.9 Å². The summed E-state index contributed by atoms with van der Waals surface area (Å²) in [5.41, 5.74) is -0.406. The molecule has 2 aliphatic heterocycles. The number of carbonyl (C=O) groups is 6. The van der Waals surface area contributed by atoms with Crippen molar-refractivity contribution in [1.82, 2.24) is 10.2 Å². The number of hydrogen-bond acceptors (Lipinski definition) is 13. The molecule has 1 aromatic carbocycles. The molecule has 1 aromatic rings. The number of carboxylic acids is 2. The molecule has 16 nitrogen and oxygen atoms in total. The van der Waals surface area contributed by atoms with Crippen LogP contribution >= 0.6 is 0 Å². The highest BCUT2D eigenvalue weighted by atomic mass is 16.6. The van der Waals surface area contributed by atoms with E-state index >= 15 is 0 Å². The van der Waals surface area contributed by atoms with Gasteiger partial charge in [0.15, 0.2) is 23.7 Å². The van der Waals surface area contributed by atoms with Crippen molar-refractivity contribution < 1.29 is 67.8 Å². The van der Waals surface area contributed by atoms with E-state index in [1.165, 1.54) is 7.11 Å². The fourth-order valence-corrected chi connectivity index (χ4v) is 7.25. The molecule has 1 fully saturated rings. The molecule has 5 rings (SSSR count). The number of rotatable bonds is 12. The molecule has 254 valence electrons. The molecule has 0 aromatic heterocycles. The summed E-state index contributed by atoms with van der Waals surface area (Å²) < 4.78 is 27.8. The van der Waals surface area contributed by atoms with Crippen molar-refractivity contribution in [2.24, 2.45) is 0 Å². The maximum atomic E-state index is 13.3. The van der Waals surface area contributed by atoms with Gasteiger partial charge in [-0.2, -0.15) is 0 Å². The summed E-state index contributed by atoms with van der Waals surface area (Å²) in [6.07, 6.45) is -3.37. The number of esters is 3. The van der Waals surface area contributed by atoms with Gasteiger partial charge in [0, 0.05) is 24.9 Å². The van der Waals surface area contributed by atoms with Crippen LogP contribution in [0.4, 0.5) is 0 Å². The highest BCUT2D eigenvalue weighted by molar-refractivity contribution is 5.91. The third-order valence-electron chi connectivity index (χ3n) is 9.37. The Balaban J connectivity index is 1.33. The average molecular weight is 661 g/mol. The first-order valence-corrected chi connectivity index (χ1v) is 15.0. The van der Waals surface area contributed by atoms with Crippen LogP contribution < -0.4 is 14.8 Å². The molecule has 16 heteroatoms. The molecule has 2 bridgehead atoms. The minimum atomic E-state index is -1.85. The van der Waals surface area contributed by atoms with Crippen LogP contribution in [0.2, 0.25) is 0 Å². The van der Waals surface area contributed by atoms with Crippen molar-refractivity contribution in [1.29, 1.82) is 0 Å². The maximum Gasteiger partial charge on any atom is 0.348 e. The first kappa shape index (κ1) is 33.7. The van der Waals surface area contributed by atoms with Crippen LogP contribution in [0.5, 0.6) is 11.5 Å². The van der Waals surface area contributed by atoms with E-state index in [-0.39, 0.29) is 18.2 Å². The Hall–Kier alpha value is -4.70. The van der Waals surface area contributed by atoms with Gasteiger partial charge in [-0.1, -0.05) is 6.07 Å². The molecular weight excluding hydrogens is 624 g/mol. The van der Waals surface area contributed by atoms with Crippen LogP contribution in [0.25, 0.3) is 0 Å². The predicted octanol–water partition coefficient (Wildman–Crippen LogP) is -0.186. The lowest BCUT2D eigenvalue weighted by Crippen LogP contribution is -2.74. The number of aliphatic carboxylic acids is 2. The monoisotopic (exact) mass is 660 g/mol. The summed E-state index contributed by atoms with van der Waals surface area (Å²) in [7, 11) is 3.46. The molecule has 1 saturated heterocycles. The molecule has 2 aliphatic carbocycles. The van der Waals surface area contributed by atoms with Crippen molar-refractivity contribution >= 4 is 35.8 Å². The smallest absolute Gasteiger partial charge is 0.348 e. The molecule has 7 atom stereocenters. The fourth-order valence-electron chi connectivity index (χ4n) is 7.25. The Morgan fingerprint density at radius 1 is 1.13 bits per heavy atom. The van der Waals surface area contributed by atoms with Crippen molar-refractivity contribution in [3.63, 3.8) is 0 Å². The molecule has 4 aliphatic rings. The van der Waals surface area contributed by atoms with Crippen molar-refractivity contribution in [2.75, 3.05) is 20.7 Å². The number of likely N-dealkylation sites (tertiary alicyclic amines) is 1. The van der Waals surface area contributed by atoms with Crippen molar-refractivity contribution in [3.8, 4) is 11.5 Å². The zero-order valence-electron chi connectivity index (χ0n) is 26.1. The highest BCUT2D eigenvalue weighted by Gasteiger charge is 2.72. The van der Waals surface area contributed by atoms with Crippen molar-refractivity contribution in [2.45, 2.75) is 87.4 Å². The van der Waals surface area contributed by atoms with Gasteiger partial charge in [-0.15, -0.1) is 0 Å². The van der Waals surface area contributed by atoms with Gasteiger partial charge in [0.25, 0.3) is 5.91 Å². The van der Waals surface area contributed by atoms with E-state index in [9.17, 15) is 33.9 Å². The minimum absolute atomic E-state index is 0.106. The lowest BCUT2D eigenvalue weighted by atomic mass is 9.50. The van der Waals surface area contributed by atoms with E-state index in [4.69, 9.17) is 33.9 Å². The van der Waals surface area contributed by atoms with Crippen LogP contribution in [0.3, 0.4) is 0 Å². The largest absolute Gasteiger partial charge is 0.493 e.